The second-order valence-electron chi connectivity index (χ2n) is 8.73. The molecule has 0 spiro atoms. The van der Waals surface area contributed by atoms with Crippen molar-refractivity contribution < 1.29 is 4.39 Å². The molecule has 2 aliphatic rings. The fraction of sp³-hybridized carbons (Fsp3) is 0.591. The summed E-state index contributed by atoms with van der Waals surface area (Å²) < 4.78 is 17.2. The standard InChI is InChI=1S/C22H28FN5O2/c1-12(6-8-24)27(3)20(14-7-9-25-11-14)18-13(2)19-16(10-17(18)23)21(29)26-22(30)28(19)15-4-5-15/h10,12,14-15,20,25H,4-7,9,11H2,1-3H3,(H,26,29,30). The summed E-state index contributed by atoms with van der Waals surface area (Å²) in [6.07, 6.45) is 2.99. The maximum Gasteiger partial charge on any atom is 0.329 e. The van der Waals surface area contributed by atoms with Crippen LogP contribution in [0.3, 0.4) is 0 Å². The van der Waals surface area contributed by atoms with E-state index in [1.54, 1.807) is 4.57 Å². The SMILES string of the molecule is Cc1c(C(C2CCNC2)N(C)C(C)CC#N)c(F)cc2c(=O)[nH]c(=O)n(C3CC3)c12. The van der Waals surface area contributed by atoms with E-state index >= 15 is 4.39 Å². The highest BCUT2D eigenvalue weighted by Crippen LogP contribution is 2.41. The number of fused-ring (bicyclic) bond motifs is 1. The lowest BCUT2D eigenvalue weighted by Crippen LogP contribution is -2.39. The summed E-state index contributed by atoms with van der Waals surface area (Å²) in [6, 6.07) is 3.24. The number of benzene rings is 1. The van der Waals surface area contributed by atoms with E-state index in [4.69, 9.17) is 0 Å². The van der Waals surface area contributed by atoms with Crippen LogP contribution in [-0.4, -0.2) is 40.6 Å². The second-order valence-corrected chi connectivity index (χ2v) is 8.73. The molecule has 2 fully saturated rings. The molecular weight excluding hydrogens is 385 g/mol. The van der Waals surface area contributed by atoms with Crippen molar-refractivity contribution >= 4 is 10.9 Å². The molecule has 160 valence electrons. The molecule has 1 aliphatic carbocycles. The smallest absolute Gasteiger partial charge is 0.316 e. The summed E-state index contributed by atoms with van der Waals surface area (Å²) >= 11 is 0. The molecular formula is C22H28FN5O2. The highest BCUT2D eigenvalue weighted by atomic mass is 19.1. The summed E-state index contributed by atoms with van der Waals surface area (Å²) in [5.41, 5.74) is 0.738. The van der Waals surface area contributed by atoms with Gasteiger partial charge in [-0.05, 0) is 70.8 Å². The van der Waals surface area contributed by atoms with E-state index in [0.717, 1.165) is 32.4 Å². The Hall–Kier alpha value is -2.50. The Morgan fingerprint density at radius 3 is 2.70 bits per heavy atom. The average Bonchev–Trinajstić information content (AvgIpc) is 3.39. The van der Waals surface area contributed by atoms with Gasteiger partial charge in [-0.1, -0.05) is 0 Å². The van der Waals surface area contributed by atoms with Crippen molar-refractivity contribution in [3.63, 3.8) is 0 Å². The molecule has 7 nitrogen and oxygen atoms in total. The van der Waals surface area contributed by atoms with Gasteiger partial charge in [0, 0.05) is 23.7 Å². The van der Waals surface area contributed by atoms with Gasteiger partial charge in [-0.25, -0.2) is 9.18 Å². The van der Waals surface area contributed by atoms with Gasteiger partial charge in [0.2, 0.25) is 0 Å². The molecule has 0 bridgehead atoms. The van der Waals surface area contributed by atoms with Crippen LogP contribution in [0.4, 0.5) is 4.39 Å². The predicted molar refractivity (Wildman–Crippen MR) is 113 cm³/mol. The first-order valence-corrected chi connectivity index (χ1v) is 10.6. The molecule has 0 radical (unpaired) electrons. The van der Waals surface area contributed by atoms with Gasteiger partial charge < -0.3 is 5.32 Å². The zero-order valence-corrected chi connectivity index (χ0v) is 17.7. The maximum absolute atomic E-state index is 15.6. The van der Waals surface area contributed by atoms with Crippen molar-refractivity contribution in [1.82, 2.24) is 19.8 Å². The molecule has 1 aromatic carbocycles. The number of hydrogen-bond donors (Lipinski definition) is 2. The minimum Gasteiger partial charge on any atom is -0.316 e. The Balaban J connectivity index is 1.97. The molecule has 2 heterocycles. The fourth-order valence-electron chi connectivity index (χ4n) is 4.90. The van der Waals surface area contributed by atoms with Gasteiger partial charge in [0.15, 0.2) is 0 Å². The van der Waals surface area contributed by atoms with Gasteiger partial charge in [0.1, 0.15) is 5.82 Å². The van der Waals surface area contributed by atoms with Crippen LogP contribution >= 0.6 is 0 Å². The first-order chi connectivity index (χ1) is 14.3. The van der Waals surface area contributed by atoms with E-state index in [-0.39, 0.29) is 29.4 Å². The monoisotopic (exact) mass is 413 g/mol. The average molecular weight is 413 g/mol. The Bertz CT molecular complexity index is 1120. The number of hydrogen-bond acceptors (Lipinski definition) is 5. The van der Waals surface area contributed by atoms with Gasteiger partial charge in [-0.15, -0.1) is 0 Å². The largest absolute Gasteiger partial charge is 0.329 e. The zero-order valence-electron chi connectivity index (χ0n) is 17.7. The van der Waals surface area contributed by atoms with Crippen molar-refractivity contribution in [3.05, 3.63) is 43.8 Å². The van der Waals surface area contributed by atoms with Crippen molar-refractivity contribution in [2.45, 2.75) is 57.7 Å². The second kappa shape index (κ2) is 7.97. The van der Waals surface area contributed by atoms with Crippen LogP contribution in [0, 0.1) is 30.0 Å². The minimum absolute atomic E-state index is 0.0516. The number of nitrogens with zero attached hydrogens (tertiary/aromatic N) is 3. The van der Waals surface area contributed by atoms with Crippen LogP contribution in [-0.2, 0) is 0 Å². The molecule has 1 saturated carbocycles. The fourth-order valence-corrected chi connectivity index (χ4v) is 4.90. The van der Waals surface area contributed by atoms with E-state index in [0.29, 0.717) is 23.1 Å². The summed E-state index contributed by atoms with van der Waals surface area (Å²) in [6.45, 7) is 5.41. The van der Waals surface area contributed by atoms with Crippen molar-refractivity contribution in [2.75, 3.05) is 20.1 Å². The lowest BCUT2D eigenvalue weighted by Gasteiger charge is -2.37. The Labute approximate surface area is 174 Å². The highest BCUT2D eigenvalue weighted by molar-refractivity contribution is 5.83. The van der Waals surface area contributed by atoms with Crippen molar-refractivity contribution in [2.24, 2.45) is 5.92 Å². The molecule has 1 saturated heterocycles. The van der Waals surface area contributed by atoms with E-state index in [9.17, 15) is 14.9 Å². The molecule has 8 heteroatoms. The number of H-pyrrole nitrogens is 1. The lowest BCUT2D eigenvalue weighted by atomic mass is 9.86. The van der Waals surface area contributed by atoms with Crippen LogP contribution in [0.15, 0.2) is 15.7 Å². The molecule has 4 rings (SSSR count). The third kappa shape index (κ3) is 3.46. The van der Waals surface area contributed by atoms with Crippen LogP contribution in [0.5, 0.6) is 0 Å². The minimum atomic E-state index is -0.550. The summed E-state index contributed by atoms with van der Waals surface area (Å²) in [5, 5.41) is 12.8. The quantitative estimate of drug-likeness (QED) is 0.758. The molecule has 30 heavy (non-hydrogen) atoms. The van der Waals surface area contributed by atoms with Gasteiger partial charge >= 0.3 is 5.69 Å². The number of nitrogens with one attached hydrogen (secondary N) is 2. The summed E-state index contributed by atoms with van der Waals surface area (Å²) in [4.78, 5) is 29.5. The molecule has 2 N–H and O–H groups in total. The number of nitriles is 1. The van der Waals surface area contributed by atoms with Gasteiger partial charge in [0.05, 0.1) is 23.4 Å². The Kier molecular flexibility index (Phi) is 5.51. The van der Waals surface area contributed by atoms with Gasteiger partial charge in [-0.2, -0.15) is 5.26 Å². The first kappa shape index (κ1) is 20.8. The van der Waals surface area contributed by atoms with Crippen LogP contribution in [0.2, 0.25) is 0 Å². The number of aromatic nitrogens is 2. The van der Waals surface area contributed by atoms with Crippen molar-refractivity contribution in [3.8, 4) is 6.07 Å². The molecule has 2 aromatic rings. The maximum atomic E-state index is 15.6. The van der Waals surface area contributed by atoms with E-state index < -0.39 is 17.1 Å². The molecule has 3 unspecified atom stereocenters. The zero-order chi connectivity index (χ0) is 21.6. The Morgan fingerprint density at radius 1 is 1.37 bits per heavy atom. The predicted octanol–water partition coefficient (Wildman–Crippen LogP) is 2.36. The Morgan fingerprint density at radius 2 is 2.10 bits per heavy atom. The molecule has 1 aromatic heterocycles. The summed E-state index contributed by atoms with van der Waals surface area (Å²) in [5.74, 6) is -0.260. The third-order valence-corrected chi connectivity index (χ3v) is 6.74. The summed E-state index contributed by atoms with van der Waals surface area (Å²) in [7, 11) is 1.93. The number of aromatic amines is 1. The first-order valence-electron chi connectivity index (χ1n) is 10.6. The van der Waals surface area contributed by atoms with Crippen LogP contribution < -0.4 is 16.6 Å². The van der Waals surface area contributed by atoms with Gasteiger partial charge in [-0.3, -0.25) is 19.2 Å². The number of rotatable bonds is 6. The van der Waals surface area contributed by atoms with E-state index in [1.807, 2.05) is 20.9 Å². The van der Waals surface area contributed by atoms with Crippen molar-refractivity contribution in [1.29, 1.82) is 5.26 Å². The highest BCUT2D eigenvalue weighted by Gasteiger charge is 2.36. The molecule has 1 aliphatic heterocycles. The van der Waals surface area contributed by atoms with Gasteiger partial charge in [0.25, 0.3) is 5.56 Å². The number of aryl methyl sites for hydroxylation is 1. The normalized spacial score (nSPS) is 21.1. The number of halogens is 1. The molecule has 0 amide bonds. The third-order valence-electron chi connectivity index (χ3n) is 6.74. The van der Waals surface area contributed by atoms with Crippen LogP contribution in [0.1, 0.15) is 55.8 Å². The van der Waals surface area contributed by atoms with E-state index in [1.165, 1.54) is 6.07 Å². The molecule has 3 atom stereocenters. The van der Waals surface area contributed by atoms with Crippen LogP contribution in [0.25, 0.3) is 10.9 Å². The van der Waals surface area contributed by atoms with E-state index in [2.05, 4.69) is 21.3 Å². The topological polar surface area (TPSA) is 93.9 Å². The lowest BCUT2D eigenvalue weighted by molar-refractivity contribution is 0.136.